The number of carbonyl (C=O) groups is 1. The molecule has 1 aliphatic heterocycles. The van der Waals surface area contributed by atoms with E-state index < -0.39 is 0 Å². The number of hydrogen-bond donors (Lipinski definition) is 0. The van der Waals surface area contributed by atoms with E-state index in [4.69, 9.17) is 19.3 Å². The highest BCUT2D eigenvalue weighted by Crippen LogP contribution is 2.40. The van der Waals surface area contributed by atoms with Gasteiger partial charge >= 0.3 is 0 Å². The molecule has 1 unspecified atom stereocenters. The average molecular weight is 460 g/mol. The number of nitrogens with zero attached hydrogens (tertiary/aromatic N) is 3. The zero-order chi connectivity index (χ0) is 24.2. The Morgan fingerprint density at radius 2 is 1.53 bits per heavy atom. The molecule has 0 N–H and O–H groups in total. The van der Waals surface area contributed by atoms with Gasteiger partial charge in [0, 0.05) is 31.8 Å². The van der Waals surface area contributed by atoms with Crippen LogP contribution in [0.25, 0.3) is 0 Å². The van der Waals surface area contributed by atoms with Crippen molar-refractivity contribution in [1.82, 2.24) is 5.01 Å². The van der Waals surface area contributed by atoms with E-state index in [2.05, 4.69) is 24.3 Å². The topological polar surface area (TPSA) is 63.6 Å². The molecule has 0 bridgehead atoms. The molecule has 1 heterocycles. The Bertz CT molecular complexity index is 1170. The number of rotatable bonds is 7. The number of amides is 1. The highest BCUT2D eigenvalue weighted by atomic mass is 16.5. The van der Waals surface area contributed by atoms with Crippen molar-refractivity contribution in [3.8, 4) is 17.2 Å². The summed E-state index contributed by atoms with van der Waals surface area (Å²) in [5.74, 6) is 1.03. The summed E-state index contributed by atoms with van der Waals surface area (Å²) >= 11 is 0. The van der Waals surface area contributed by atoms with Crippen molar-refractivity contribution in [3.63, 3.8) is 0 Å². The Hall–Kier alpha value is -4.00. The van der Waals surface area contributed by atoms with Gasteiger partial charge in [0.05, 0.1) is 33.1 Å². The van der Waals surface area contributed by atoms with Crippen LogP contribution in [0, 0.1) is 0 Å². The first kappa shape index (κ1) is 23.2. The van der Waals surface area contributed by atoms with Crippen molar-refractivity contribution >= 4 is 17.3 Å². The molecule has 7 heteroatoms. The number of methoxy groups -OCH3 is 3. The molecule has 34 heavy (non-hydrogen) atoms. The van der Waals surface area contributed by atoms with Crippen molar-refractivity contribution in [2.75, 3.05) is 40.3 Å². The third-order valence-corrected chi connectivity index (χ3v) is 5.93. The predicted octanol–water partition coefficient (Wildman–Crippen LogP) is 4.77. The zero-order valence-electron chi connectivity index (χ0n) is 20.1. The smallest absolute Gasteiger partial charge is 0.274 e. The van der Waals surface area contributed by atoms with E-state index in [0.29, 0.717) is 29.2 Å². The van der Waals surface area contributed by atoms with Gasteiger partial charge in [0.15, 0.2) is 11.5 Å². The maximum atomic E-state index is 13.8. The number of benzene rings is 3. The summed E-state index contributed by atoms with van der Waals surface area (Å²) < 4.78 is 16.3. The standard InChI is InChI=1S/C27H29N3O4/c1-29(2)21-13-11-19(12-14-21)23-17-22(18-9-7-6-8-10-18)28-30(23)27(31)20-15-24(32-3)26(34-5)25(16-20)33-4/h6-16,23H,17H2,1-5H3. The molecule has 1 amide bonds. The first-order valence-electron chi connectivity index (χ1n) is 11.0. The molecule has 0 fully saturated rings. The van der Waals surface area contributed by atoms with Gasteiger partial charge in [-0.05, 0) is 35.4 Å². The zero-order valence-corrected chi connectivity index (χ0v) is 20.1. The van der Waals surface area contributed by atoms with E-state index in [1.54, 1.807) is 17.1 Å². The van der Waals surface area contributed by atoms with Crippen LogP contribution in [0.15, 0.2) is 71.8 Å². The minimum Gasteiger partial charge on any atom is -0.493 e. The van der Waals surface area contributed by atoms with Crippen LogP contribution >= 0.6 is 0 Å². The number of ether oxygens (including phenoxy) is 3. The van der Waals surface area contributed by atoms with Crippen LogP contribution in [0.2, 0.25) is 0 Å². The number of carbonyl (C=O) groups excluding carboxylic acids is 1. The number of anilines is 1. The van der Waals surface area contributed by atoms with E-state index in [1.165, 1.54) is 21.3 Å². The monoisotopic (exact) mass is 459 g/mol. The molecule has 1 atom stereocenters. The summed E-state index contributed by atoms with van der Waals surface area (Å²) in [6, 6.07) is 21.2. The first-order chi connectivity index (χ1) is 16.5. The molecule has 3 aromatic rings. The molecule has 7 nitrogen and oxygen atoms in total. The van der Waals surface area contributed by atoms with E-state index in [1.807, 2.05) is 49.3 Å². The minimum absolute atomic E-state index is 0.238. The summed E-state index contributed by atoms with van der Waals surface area (Å²) in [5.41, 5.74) is 4.37. The van der Waals surface area contributed by atoms with Gasteiger partial charge in [0.25, 0.3) is 5.91 Å². The molecule has 176 valence electrons. The largest absolute Gasteiger partial charge is 0.493 e. The van der Waals surface area contributed by atoms with E-state index >= 15 is 0 Å². The SMILES string of the molecule is COc1cc(C(=O)N2N=C(c3ccccc3)CC2c2ccc(N(C)C)cc2)cc(OC)c1OC. The van der Waals surface area contributed by atoms with Crippen LogP contribution in [0.4, 0.5) is 5.69 Å². The third kappa shape index (κ3) is 4.41. The lowest BCUT2D eigenvalue weighted by atomic mass is 9.98. The molecule has 0 saturated carbocycles. The molecular formula is C27H29N3O4. The molecule has 0 radical (unpaired) electrons. The molecule has 0 aliphatic carbocycles. The molecule has 0 saturated heterocycles. The van der Waals surface area contributed by atoms with Gasteiger partial charge < -0.3 is 19.1 Å². The number of hydrazone groups is 1. The van der Waals surface area contributed by atoms with Crippen LogP contribution < -0.4 is 19.1 Å². The van der Waals surface area contributed by atoms with Gasteiger partial charge in [-0.3, -0.25) is 4.79 Å². The second-order valence-electron chi connectivity index (χ2n) is 8.18. The summed E-state index contributed by atoms with van der Waals surface area (Å²) in [6.45, 7) is 0. The molecule has 0 spiro atoms. The fraction of sp³-hybridized carbons (Fsp3) is 0.259. The highest BCUT2D eigenvalue weighted by Gasteiger charge is 2.34. The van der Waals surface area contributed by atoms with Crippen LogP contribution in [-0.4, -0.2) is 52.1 Å². The molecule has 3 aromatic carbocycles. The Kier molecular flexibility index (Phi) is 6.72. The minimum atomic E-state index is -0.244. The second kappa shape index (κ2) is 9.87. The maximum Gasteiger partial charge on any atom is 0.274 e. The van der Waals surface area contributed by atoms with Gasteiger partial charge in [-0.1, -0.05) is 42.5 Å². The van der Waals surface area contributed by atoms with Crippen molar-refractivity contribution in [3.05, 3.63) is 83.4 Å². The maximum absolute atomic E-state index is 13.8. The lowest BCUT2D eigenvalue weighted by Crippen LogP contribution is -2.27. The summed E-state index contributed by atoms with van der Waals surface area (Å²) in [7, 11) is 8.60. The van der Waals surface area contributed by atoms with Crippen molar-refractivity contribution in [2.45, 2.75) is 12.5 Å². The average Bonchev–Trinajstić information content (AvgIpc) is 3.33. The van der Waals surface area contributed by atoms with Gasteiger partial charge in [0.1, 0.15) is 0 Å². The number of hydrogen-bond acceptors (Lipinski definition) is 6. The predicted molar refractivity (Wildman–Crippen MR) is 133 cm³/mol. The fourth-order valence-corrected chi connectivity index (χ4v) is 4.09. The van der Waals surface area contributed by atoms with Crippen molar-refractivity contribution < 1.29 is 19.0 Å². The first-order valence-corrected chi connectivity index (χ1v) is 11.0. The van der Waals surface area contributed by atoms with Gasteiger partial charge in [-0.2, -0.15) is 5.10 Å². The van der Waals surface area contributed by atoms with Crippen LogP contribution in [0.1, 0.15) is 33.9 Å². The Labute approximate surface area is 200 Å². The van der Waals surface area contributed by atoms with Gasteiger partial charge in [0.2, 0.25) is 5.75 Å². The Morgan fingerprint density at radius 1 is 0.912 bits per heavy atom. The van der Waals surface area contributed by atoms with Gasteiger partial charge in [-0.15, -0.1) is 0 Å². The van der Waals surface area contributed by atoms with Crippen LogP contribution in [0.5, 0.6) is 17.2 Å². The van der Waals surface area contributed by atoms with Crippen LogP contribution in [0.3, 0.4) is 0 Å². The Balaban J connectivity index is 1.76. The molecule has 4 rings (SSSR count). The second-order valence-corrected chi connectivity index (χ2v) is 8.18. The van der Waals surface area contributed by atoms with Crippen LogP contribution in [-0.2, 0) is 0 Å². The van der Waals surface area contributed by atoms with E-state index in [0.717, 1.165) is 22.5 Å². The normalized spacial score (nSPS) is 15.0. The summed E-state index contributed by atoms with van der Waals surface area (Å²) in [6.07, 6.45) is 0.613. The third-order valence-electron chi connectivity index (χ3n) is 5.93. The summed E-state index contributed by atoms with van der Waals surface area (Å²) in [5, 5.41) is 6.34. The molecular weight excluding hydrogens is 430 g/mol. The highest BCUT2D eigenvalue weighted by molar-refractivity contribution is 6.05. The van der Waals surface area contributed by atoms with Crippen molar-refractivity contribution in [2.24, 2.45) is 5.10 Å². The summed E-state index contributed by atoms with van der Waals surface area (Å²) in [4.78, 5) is 15.8. The Morgan fingerprint density at radius 3 is 2.06 bits per heavy atom. The lowest BCUT2D eigenvalue weighted by Gasteiger charge is -2.23. The molecule has 1 aliphatic rings. The van der Waals surface area contributed by atoms with E-state index in [9.17, 15) is 4.79 Å². The molecule has 0 aromatic heterocycles. The van der Waals surface area contributed by atoms with Crippen molar-refractivity contribution in [1.29, 1.82) is 0 Å². The van der Waals surface area contributed by atoms with Gasteiger partial charge in [-0.25, -0.2) is 5.01 Å². The fourth-order valence-electron chi connectivity index (χ4n) is 4.09. The van der Waals surface area contributed by atoms with E-state index in [-0.39, 0.29) is 11.9 Å². The lowest BCUT2D eigenvalue weighted by molar-refractivity contribution is 0.0710. The quantitative estimate of drug-likeness (QED) is 0.509.